The number of carbonyl (C=O) groups excluding carboxylic acids is 4. The molecule has 67 heavy (non-hydrogen) atoms. The first kappa shape index (κ1) is 48.6. The Hall–Kier alpha value is -6.34. The lowest BCUT2D eigenvalue weighted by Gasteiger charge is -2.22. The molecular weight excluding hydrogens is 873 g/mol. The van der Waals surface area contributed by atoms with Crippen LogP contribution in [0.2, 0.25) is 0 Å². The van der Waals surface area contributed by atoms with E-state index in [0.717, 1.165) is 66.3 Å². The van der Waals surface area contributed by atoms with E-state index in [1.807, 2.05) is 118 Å². The summed E-state index contributed by atoms with van der Waals surface area (Å²) in [5.74, 6) is -2.29. The van der Waals surface area contributed by atoms with Gasteiger partial charge in [-0.05, 0) is 90.2 Å². The van der Waals surface area contributed by atoms with Gasteiger partial charge in [-0.1, -0.05) is 72.3 Å². The fourth-order valence-corrected chi connectivity index (χ4v) is 9.20. The average Bonchev–Trinajstić information content (AvgIpc) is 4.15. The smallest absolute Gasteiger partial charge is 0.255 e. The number of benzene rings is 3. The number of fused-ring (bicyclic) bond motifs is 3. The molecule has 3 aromatic carbocycles. The van der Waals surface area contributed by atoms with Crippen molar-refractivity contribution in [2.24, 2.45) is 0 Å². The van der Waals surface area contributed by atoms with E-state index in [2.05, 4.69) is 20.5 Å². The van der Waals surface area contributed by atoms with Crippen LogP contribution in [0.4, 0.5) is 0 Å². The quantitative estimate of drug-likeness (QED) is 0.0444. The highest BCUT2D eigenvalue weighted by atomic mass is 32.1. The molecule has 4 amide bonds. The van der Waals surface area contributed by atoms with Crippen LogP contribution in [0.15, 0.2) is 101 Å². The van der Waals surface area contributed by atoms with Gasteiger partial charge in [0.2, 0.25) is 0 Å². The van der Waals surface area contributed by atoms with E-state index in [-0.39, 0.29) is 19.1 Å². The topological polar surface area (TPSA) is 233 Å². The standard InChI is InChI=1S/C50H58N8O8S/c1-5-32(20-53-47(63)43(59)45(61)49(65)56-24-35-10-6-7-11-36(35)25-56)16-29(2)23-58-31(4)55-41-19-34(14-15-42(41)58)40(51)17-30(3)52-21-33-18-39(67-28-33)22-54-48(64)44(60)46(62)50(66)57-26-37-12-8-9-13-38(37)27-57/h5-16,18-19,28,30,43-46,51-52,59-62H,17,20-27H2,1-4H3,(H,53,63)(H,54,64)/b29-16+,32-5+,51-40?/t30?,43-,44-,45-,46-/m1/s1. The predicted octanol–water partition coefficient (Wildman–Crippen LogP) is 3.50. The summed E-state index contributed by atoms with van der Waals surface area (Å²) in [6.45, 7) is 10.2. The highest BCUT2D eigenvalue weighted by Gasteiger charge is 2.37. The second-order valence-electron chi connectivity index (χ2n) is 17.3. The van der Waals surface area contributed by atoms with Crippen LogP contribution in [0.25, 0.3) is 11.0 Å². The number of rotatable bonds is 19. The van der Waals surface area contributed by atoms with E-state index >= 15 is 0 Å². The predicted molar refractivity (Wildman–Crippen MR) is 254 cm³/mol. The average molecular weight is 931 g/mol. The zero-order valence-corrected chi connectivity index (χ0v) is 38.8. The number of hydrogen-bond donors (Lipinski definition) is 8. The number of thiophene rings is 1. The monoisotopic (exact) mass is 930 g/mol. The van der Waals surface area contributed by atoms with Crippen molar-refractivity contribution in [3.05, 3.63) is 146 Å². The summed E-state index contributed by atoms with van der Waals surface area (Å²) in [7, 11) is 0. The molecule has 1 unspecified atom stereocenters. The van der Waals surface area contributed by atoms with Crippen molar-refractivity contribution in [2.75, 3.05) is 6.54 Å². The zero-order valence-electron chi connectivity index (χ0n) is 38.0. The van der Waals surface area contributed by atoms with E-state index < -0.39 is 48.0 Å². The van der Waals surface area contributed by atoms with Crippen molar-refractivity contribution >= 4 is 51.7 Å². The summed E-state index contributed by atoms with van der Waals surface area (Å²) in [6.07, 6.45) is -3.35. The minimum atomic E-state index is -1.92. The van der Waals surface area contributed by atoms with Gasteiger partial charge in [-0.3, -0.25) is 19.2 Å². The molecule has 0 bridgehead atoms. The molecular formula is C50H58N8O8S. The number of nitrogens with zero attached hydrogens (tertiary/aromatic N) is 4. The van der Waals surface area contributed by atoms with Gasteiger partial charge in [0.15, 0.2) is 24.4 Å². The molecule has 0 aliphatic carbocycles. The SMILES string of the molecule is C/C=C(\C=C(/C)Cn1c(C)nc2cc(C(=N)CC(C)NCc3csc(CNC(=O)[C@H](O)[C@@H](O)C(=O)N4Cc5ccccc5C4)c3)ccc21)CNC(=O)[C@H](O)[C@@H](O)C(=O)N1Cc2ccccc2C1. The highest BCUT2D eigenvalue weighted by molar-refractivity contribution is 7.10. The maximum atomic E-state index is 12.9. The van der Waals surface area contributed by atoms with Gasteiger partial charge in [0.1, 0.15) is 5.82 Å². The van der Waals surface area contributed by atoms with Crippen LogP contribution in [0.5, 0.6) is 0 Å². The summed E-state index contributed by atoms with van der Waals surface area (Å²) in [6, 6.07) is 22.8. The van der Waals surface area contributed by atoms with Crippen LogP contribution < -0.4 is 16.0 Å². The van der Waals surface area contributed by atoms with Crippen molar-refractivity contribution in [3.8, 4) is 0 Å². The van der Waals surface area contributed by atoms with Gasteiger partial charge < -0.3 is 56.2 Å². The number of aryl methyl sites for hydroxylation is 1. The van der Waals surface area contributed by atoms with Gasteiger partial charge in [-0.2, -0.15) is 0 Å². The van der Waals surface area contributed by atoms with Gasteiger partial charge >= 0.3 is 0 Å². The molecule has 2 aliphatic rings. The molecule has 4 heterocycles. The zero-order chi connectivity index (χ0) is 47.9. The van der Waals surface area contributed by atoms with Crippen LogP contribution in [-0.2, 0) is 65.0 Å². The summed E-state index contributed by atoms with van der Waals surface area (Å²) in [5.41, 5.74) is 9.48. The number of carbonyl (C=O) groups is 4. The first-order valence-corrected chi connectivity index (χ1v) is 23.1. The second kappa shape index (κ2) is 21.5. The molecule has 8 N–H and O–H groups in total. The molecule has 2 aromatic heterocycles. The number of aliphatic hydroxyl groups is 4. The number of imidazole rings is 1. The fraction of sp³-hybridized carbons (Fsp3) is 0.360. The second-order valence-corrected chi connectivity index (χ2v) is 18.3. The maximum absolute atomic E-state index is 12.9. The van der Waals surface area contributed by atoms with E-state index in [1.54, 1.807) is 0 Å². The minimum Gasteiger partial charge on any atom is -0.380 e. The summed E-state index contributed by atoms with van der Waals surface area (Å²) < 4.78 is 2.08. The van der Waals surface area contributed by atoms with Gasteiger partial charge in [0.05, 0.1) is 17.6 Å². The number of allylic oxidation sites excluding steroid dienone is 2. The van der Waals surface area contributed by atoms with E-state index in [0.29, 0.717) is 51.4 Å². The Morgan fingerprint density at radius 2 is 1.34 bits per heavy atom. The lowest BCUT2D eigenvalue weighted by molar-refractivity contribution is -0.153. The Morgan fingerprint density at radius 3 is 1.90 bits per heavy atom. The Morgan fingerprint density at radius 1 is 0.791 bits per heavy atom. The largest absolute Gasteiger partial charge is 0.380 e. The lowest BCUT2D eigenvalue weighted by Crippen LogP contribution is -2.49. The van der Waals surface area contributed by atoms with Gasteiger partial charge in [-0.25, -0.2) is 4.98 Å². The number of aliphatic hydroxyl groups excluding tert-OH is 4. The van der Waals surface area contributed by atoms with Crippen molar-refractivity contribution in [1.29, 1.82) is 5.41 Å². The summed E-state index contributed by atoms with van der Waals surface area (Å²) in [4.78, 5) is 59.7. The Kier molecular flexibility index (Phi) is 15.6. The van der Waals surface area contributed by atoms with Crippen LogP contribution in [-0.4, -0.2) is 106 Å². The molecule has 17 heteroatoms. The summed E-state index contributed by atoms with van der Waals surface area (Å²) in [5, 5.41) is 61.7. The van der Waals surface area contributed by atoms with E-state index in [4.69, 9.17) is 10.4 Å². The third-order valence-electron chi connectivity index (χ3n) is 12.2. The van der Waals surface area contributed by atoms with E-state index in [1.165, 1.54) is 21.1 Å². The Balaban J connectivity index is 0.840. The molecule has 0 saturated carbocycles. The van der Waals surface area contributed by atoms with Crippen molar-refractivity contribution in [2.45, 2.75) is 110 Å². The van der Waals surface area contributed by atoms with Crippen LogP contribution in [0.3, 0.4) is 0 Å². The van der Waals surface area contributed by atoms with Gasteiger partial charge in [0, 0.05) is 68.9 Å². The number of aromatic nitrogens is 2. The molecule has 5 atom stereocenters. The van der Waals surface area contributed by atoms with Crippen LogP contribution in [0, 0.1) is 12.3 Å². The maximum Gasteiger partial charge on any atom is 0.255 e. The normalized spacial score (nSPS) is 16.0. The first-order valence-electron chi connectivity index (χ1n) is 22.3. The fourth-order valence-electron chi connectivity index (χ4n) is 8.37. The summed E-state index contributed by atoms with van der Waals surface area (Å²) >= 11 is 1.44. The Labute approximate surface area is 393 Å². The van der Waals surface area contributed by atoms with Crippen LogP contribution in [0.1, 0.15) is 71.3 Å². The number of amides is 4. The van der Waals surface area contributed by atoms with Gasteiger partial charge in [0.25, 0.3) is 23.6 Å². The van der Waals surface area contributed by atoms with Gasteiger partial charge in [-0.15, -0.1) is 11.3 Å². The molecule has 352 valence electrons. The first-order chi connectivity index (χ1) is 32.1. The number of hydrogen-bond acceptors (Lipinski definition) is 12. The van der Waals surface area contributed by atoms with Crippen molar-refractivity contribution in [3.63, 3.8) is 0 Å². The van der Waals surface area contributed by atoms with Crippen molar-refractivity contribution < 1.29 is 39.6 Å². The minimum absolute atomic E-state index is 0.0364. The van der Waals surface area contributed by atoms with Crippen LogP contribution >= 0.6 is 11.3 Å². The third-order valence-corrected chi connectivity index (χ3v) is 13.2. The molecule has 0 spiro atoms. The molecule has 7 rings (SSSR count). The molecule has 0 fully saturated rings. The Bertz CT molecular complexity index is 2680. The molecule has 5 aromatic rings. The molecule has 2 aliphatic heterocycles. The third kappa shape index (κ3) is 11.6. The highest BCUT2D eigenvalue weighted by Crippen LogP contribution is 2.26. The number of nitrogens with one attached hydrogen (secondary N) is 4. The molecule has 0 saturated heterocycles. The molecule has 0 radical (unpaired) electrons. The van der Waals surface area contributed by atoms with E-state index in [9.17, 15) is 39.6 Å². The molecule has 16 nitrogen and oxygen atoms in total. The lowest BCUT2D eigenvalue weighted by atomic mass is 10.0. The van der Waals surface area contributed by atoms with Crippen molar-refractivity contribution in [1.82, 2.24) is 35.3 Å².